The van der Waals surface area contributed by atoms with Gasteiger partial charge in [-0.05, 0) is 12.1 Å². The highest BCUT2D eigenvalue weighted by Crippen LogP contribution is 2.14. The Morgan fingerprint density at radius 1 is 1.12 bits per heavy atom. The van der Waals surface area contributed by atoms with Gasteiger partial charge in [0.2, 0.25) is 0 Å². The standard InChI is InChI=1S/C9H16N4O3/c10-13-8-3-1-2-7(11-8)12-9(4-14,5-15)6-16/h1-3,14-16H,4-6,10H2,(H2,11,12,13). The molecule has 0 spiro atoms. The largest absolute Gasteiger partial charge is 0.394 e. The van der Waals surface area contributed by atoms with Crippen LogP contribution in [0.15, 0.2) is 18.2 Å². The van der Waals surface area contributed by atoms with Crippen LogP contribution in [0.4, 0.5) is 11.6 Å². The first-order chi connectivity index (χ1) is 7.69. The summed E-state index contributed by atoms with van der Waals surface area (Å²) >= 11 is 0. The normalized spacial score (nSPS) is 11.2. The van der Waals surface area contributed by atoms with Gasteiger partial charge >= 0.3 is 0 Å². The molecule has 0 radical (unpaired) electrons. The van der Waals surface area contributed by atoms with E-state index in [2.05, 4.69) is 15.7 Å². The first kappa shape index (κ1) is 12.7. The Balaban J connectivity index is 2.84. The molecule has 0 aliphatic heterocycles. The van der Waals surface area contributed by atoms with Gasteiger partial charge in [0.15, 0.2) is 0 Å². The molecule has 0 unspecified atom stereocenters. The number of hydrogen-bond acceptors (Lipinski definition) is 7. The summed E-state index contributed by atoms with van der Waals surface area (Å²) in [5, 5.41) is 30.1. The highest BCUT2D eigenvalue weighted by molar-refractivity contribution is 5.46. The highest BCUT2D eigenvalue weighted by atomic mass is 16.3. The van der Waals surface area contributed by atoms with Crippen LogP contribution >= 0.6 is 0 Å². The molecule has 0 aromatic carbocycles. The second kappa shape index (κ2) is 5.61. The van der Waals surface area contributed by atoms with Crippen molar-refractivity contribution in [2.75, 3.05) is 30.6 Å². The monoisotopic (exact) mass is 228 g/mol. The minimum Gasteiger partial charge on any atom is -0.394 e. The van der Waals surface area contributed by atoms with Gasteiger partial charge in [-0.1, -0.05) is 6.07 Å². The highest BCUT2D eigenvalue weighted by Gasteiger charge is 2.28. The van der Waals surface area contributed by atoms with Crippen LogP contribution in [0.2, 0.25) is 0 Å². The number of anilines is 2. The van der Waals surface area contributed by atoms with Crippen molar-refractivity contribution < 1.29 is 15.3 Å². The molecule has 1 rings (SSSR count). The third kappa shape index (κ3) is 2.80. The van der Waals surface area contributed by atoms with Crippen molar-refractivity contribution in [2.45, 2.75) is 5.54 Å². The zero-order valence-corrected chi connectivity index (χ0v) is 8.72. The van der Waals surface area contributed by atoms with Crippen molar-refractivity contribution >= 4 is 11.6 Å². The summed E-state index contributed by atoms with van der Waals surface area (Å²) in [6.07, 6.45) is 0. The molecule has 90 valence electrons. The van der Waals surface area contributed by atoms with E-state index in [0.717, 1.165) is 0 Å². The van der Waals surface area contributed by atoms with Crippen molar-refractivity contribution in [2.24, 2.45) is 5.84 Å². The molecule has 0 saturated carbocycles. The molecule has 1 aromatic rings. The molecule has 0 atom stereocenters. The van der Waals surface area contributed by atoms with E-state index >= 15 is 0 Å². The Kier molecular flexibility index (Phi) is 4.44. The van der Waals surface area contributed by atoms with Gasteiger partial charge in [0.25, 0.3) is 0 Å². The van der Waals surface area contributed by atoms with Crippen LogP contribution < -0.4 is 16.6 Å². The fraction of sp³-hybridized carbons (Fsp3) is 0.444. The molecule has 7 N–H and O–H groups in total. The van der Waals surface area contributed by atoms with Crippen LogP contribution in [0, 0.1) is 0 Å². The lowest BCUT2D eigenvalue weighted by Crippen LogP contribution is -2.49. The Labute approximate surface area is 92.9 Å². The lowest BCUT2D eigenvalue weighted by atomic mass is 10.0. The molecule has 0 bridgehead atoms. The average Bonchev–Trinajstić information content (AvgIpc) is 2.36. The lowest BCUT2D eigenvalue weighted by molar-refractivity contribution is 0.0831. The van der Waals surface area contributed by atoms with Gasteiger partial charge in [0.1, 0.15) is 17.2 Å². The van der Waals surface area contributed by atoms with E-state index in [9.17, 15) is 0 Å². The molecule has 1 aromatic heterocycles. The van der Waals surface area contributed by atoms with Crippen LogP contribution in [0.3, 0.4) is 0 Å². The molecular weight excluding hydrogens is 212 g/mol. The summed E-state index contributed by atoms with van der Waals surface area (Å²) in [5.41, 5.74) is 1.17. The minimum atomic E-state index is -1.19. The Bertz CT molecular complexity index is 322. The molecular formula is C9H16N4O3. The summed E-state index contributed by atoms with van der Waals surface area (Å²) in [7, 11) is 0. The molecule has 7 nitrogen and oxygen atoms in total. The van der Waals surface area contributed by atoms with Gasteiger partial charge in [-0.3, -0.25) is 0 Å². The van der Waals surface area contributed by atoms with Crippen molar-refractivity contribution in [3.63, 3.8) is 0 Å². The van der Waals surface area contributed by atoms with Crippen molar-refractivity contribution in [1.82, 2.24) is 4.98 Å². The number of hydrogen-bond donors (Lipinski definition) is 6. The topological polar surface area (TPSA) is 124 Å². The van der Waals surface area contributed by atoms with Gasteiger partial charge in [-0.15, -0.1) is 0 Å². The smallest absolute Gasteiger partial charge is 0.142 e. The molecule has 0 fully saturated rings. The third-order valence-electron chi connectivity index (χ3n) is 2.20. The number of nitrogen functional groups attached to an aromatic ring is 1. The molecule has 7 heteroatoms. The summed E-state index contributed by atoms with van der Waals surface area (Å²) in [6.45, 7) is -1.24. The maximum absolute atomic E-state index is 9.11. The van der Waals surface area contributed by atoms with Crippen molar-refractivity contribution in [3.05, 3.63) is 18.2 Å². The Morgan fingerprint density at radius 2 is 1.69 bits per heavy atom. The third-order valence-corrected chi connectivity index (χ3v) is 2.20. The maximum atomic E-state index is 9.11. The molecule has 0 amide bonds. The summed E-state index contributed by atoms with van der Waals surface area (Å²) < 4.78 is 0. The fourth-order valence-electron chi connectivity index (χ4n) is 1.12. The van der Waals surface area contributed by atoms with Crippen molar-refractivity contribution in [3.8, 4) is 0 Å². The number of nitrogens with zero attached hydrogens (tertiary/aromatic N) is 1. The maximum Gasteiger partial charge on any atom is 0.142 e. The minimum absolute atomic E-state index is 0.396. The van der Waals surface area contributed by atoms with Gasteiger partial charge < -0.3 is 26.1 Å². The second-order valence-corrected chi connectivity index (χ2v) is 3.43. The number of aliphatic hydroxyl groups excluding tert-OH is 3. The van der Waals surface area contributed by atoms with E-state index in [1.807, 2.05) is 0 Å². The summed E-state index contributed by atoms with van der Waals surface area (Å²) in [4.78, 5) is 4.04. The van der Waals surface area contributed by atoms with E-state index in [0.29, 0.717) is 11.6 Å². The Morgan fingerprint density at radius 3 is 2.19 bits per heavy atom. The van der Waals surface area contributed by atoms with Gasteiger partial charge in [0.05, 0.1) is 19.8 Å². The first-order valence-corrected chi connectivity index (χ1v) is 4.74. The average molecular weight is 228 g/mol. The molecule has 0 saturated heterocycles. The SMILES string of the molecule is NNc1cccc(NC(CO)(CO)CO)n1. The van der Waals surface area contributed by atoms with Gasteiger partial charge in [-0.25, -0.2) is 10.8 Å². The predicted molar refractivity (Wildman–Crippen MR) is 59.7 cm³/mol. The second-order valence-electron chi connectivity index (χ2n) is 3.43. The number of aliphatic hydroxyl groups is 3. The zero-order chi connectivity index (χ0) is 12.0. The molecule has 16 heavy (non-hydrogen) atoms. The number of rotatable bonds is 6. The number of nitrogens with two attached hydrogens (primary N) is 1. The Hall–Kier alpha value is -1.41. The van der Waals surface area contributed by atoms with E-state index < -0.39 is 25.4 Å². The van der Waals surface area contributed by atoms with Gasteiger partial charge in [-0.2, -0.15) is 0 Å². The van der Waals surface area contributed by atoms with Crippen LogP contribution in [0.25, 0.3) is 0 Å². The zero-order valence-electron chi connectivity index (χ0n) is 8.72. The van der Waals surface area contributed by atoms with E-state index in [1.165, 1.54) is 0 Å². The van der Waals surface area contributed by atoms with Crippen LogP contribution in [-0.4, -0.2) is 45.7 Å². The summed E-state index contributed by atoms with van der Waals surface area (Å²) in [6, 6.07) is 4.99. The molecule has 0 aliphatic carbocycles. The van der Waals surface area contributed by atoms with E-state index in [1.54, 1.807) is 18.2 Å². The van der Waals surface area contributed by atoms with Gasteiger partial charge in [0, 0.05) is 0 Å². The van der Waals surface area contributed by atoms with E-state index in [-0.39, 0.29) is 0 Å². The van der Waals surface area contributed by atoms with Crippen molar-refractivity contribution in [1.29, 1.82) is 0 Å². The lowest BCUT2D eigenvalue weighted by Gasteiger charge is -2.29. The quantitative estimate of drug-likeness (QED) is 0.258. The van der Waals surface area contributed by atoms with Crippen LogP contribution in [-0.2, 0) is 0 Å². The number of aromatic nitrogens is 1. The van der Waals surface area contributed by atoms with Crippen LogP contribution in [0.1, 0.15) is 0 Å². The molecule has 1 heterocycles. The molecule has 0 aliphatic rings. The number of pyridine rings is 1. The number of hydrazine groups is 1. The summed E-state index contributed by atoms with van der Waals surface area (Å²) in [5.74, 6) is 6.03. The van der Waals surface area contributed by atoms with E-state index in [4.69, 9.17) is 21.2 Å². The number of nitrogens with one attached hydrogen (secondary N) is 2. The van der Waals surface area contributed by atoms with Crippen LogP contribution in [0.5, 0.6) is 0 Å². The fourth-order valence-corrected chi connectivity index (χ4v) is 1.12. The predicted octanol–water partition coefficient (Wildman–Crippen LogP) is -1.51. The first-order valence-electron chi connectivity index (χ1n) is 4.74.